The second kappa shape index (κ2) is 7.11. The summed E-state index contributed by atoms with van der Waals surface area (Å²) in [5.41, 5.74) is 0.335. The molecule has 1 aromatic heterocycles. The molecule has 12 heteroatoms. The number of methoxy groups -OCH3 is 1. The van der Waals surface area contributed by atoms with E-state index in [1.54, 1.807) is 17.7 Å². The van der Waals surface area contributed by atoms with Crippen LogP contribution in [0.1, 0.15) is 25.2 Å². The van der Waals surface area contributed by atoms with Gasteiger partial charge < -0.3 is 13.7 Å². The minimum atomic E-state index is -4.48. The van der Waals surface area contributed by atoms with Crippen LogP contribution < -0.4 is 23.7 Å². The number of nitrogens with zero attached hydrogens (tertiary/aromatic N) is 3. The molecule has 3 rings (SSSR count). The molecule has 0 saturated carbocycles. The summed E-state index contributed by atoms with van der Waals surface area (Å²) < 4.78 is 41.8. The first-order valence-corrected chi connectivity index (χ1v) is 9.58. The van der Waals surface area contributed by atoms with Gasteiger partial charge in [0.15, 0.2) is 11.5 Å². The molecule has 1 aromatic carbocycles. The number of anilines is 1. The summed E-state index contributed by atoms with van der Waals surface area (Å²) in [5, 5.41) is 2.18. The number of amides is 2. The number of carbonyl (C=O) groups excluding carboxylic acids is 1. The summed E-state index contributed by atoms with van der Waals surface area (Å²) >= 11 is 0. The van der Waals surface area contributed by atoms with E-state index in [2.05, 4.69) is 20.3 Å². The van der Waals surface area contributed by atoms with Gasteiger partial charge in [0, 0.05) is 12.0 Å². The molecule has 1 aliphatic heterocycles. The third-order valence-electron chi connectivity index (χ3n) is 3.61. The Balaban J connectivity index is 1.71. The largest absolute Gasteiger partial charge is 0.483 e. The standard InChI is InChI=1S/C16H19N5O6S/c1-9-17-13(20-15(18-9)25-4)19-14(22)21-28(23,24)27-11-7-5-6-10-8-16(2,3)26-12(10)11/h5-7H,8H2,1-4H3,(H2,17,18,19,20,21,22). The molecular weight excluding hydrogens is 390 g/mol. The molecule has 2 N–H and O–H groups in total. The van der Waals surface area contributed by atoms with Crippen LogP contribution in [-0.4, -0.2) is 42.1 Å². The van der Waals surface area contributed by atoms with E-state index in [9.17, 15) is 13.2 Å². The molecule has 2 amide bonds. The van der Waals surface area contributed by atoms with E-state index in [4.69, 9.17) is 13.7 Å². The van der Waals surface area contributed by atoms with E-state index in [1.807, 2.05) is 19.9 Å². The van der Waals surface area contributed by atoms with Gasteiger partial charge in [0.05, 0.1) is 7.11 Å². The van der Waals surface area contributed by atoms with Crippen molar-refractivity contribution in [1.82, 2.24) is 19.7 Å². The highest BCUT2D eigenvalue weighted by atomic mass is 32.2. The number of carbonyl (C=O) groups is 1. The maximum atomic E-state index is 12.2. The first-order valence-electron chi connectivity index (χ1n) is 8.18. The average Bonchev–Trinajstić information content (AvgIpc) is 2.88. The highest BCUT2D eigenvalue weighted by Crippen LogP contribution is 2.42. The number of para-hydroxylation sites is 1. The number of rotatable bonds is 5. The lowest BCUT2D eigenvalue weighted by molar-refractivity contribution is 0.136. The van der Waals surface area contributed by atoms with Crippen molar-refractivity contribution in [3.63, 3.8) is 0 Å². The quantitative estimate of drug-likeness (QED) is 0.748. The summed E-state index contributed by atoms with van der Waals surface area (Å²) in [6.45, 7) is 5.31. The molecule has 0 unspecified atom stereocenters. The molecule has 0 atom stereocenters. The van der Waals surface area contributed by atoms with Crippen molar-refractivity contribution in [2.75, 3.05) is 12.4 Å². The van der Waals surface area contributed by atoms with Gasteiger partial charge in [-0.3, -0.25) is 5.32 Å². The van der Waals surface area contributed by atoms with Crippen LogP contribution in [0.2, 0.25) is 0 Å². The number of urea groups is 1. The van der Waals surface area contributed by atoms with Gasteiger partial charge in [-0.2, -0.15) is 23.4 Å². The minimum Gasteiger partial charge on any atom is -0.483 e. The van der Waals surface area contributed by atoms with Crippen molar-refractivity contribution >= 4 is 22.3 Å². The summed E-state index contributed by atoms with van der Waals surface area (Å²) in [5.74, 6) is 0.417. The topological polar surface area (TPSA) is 142 Å². The van der Waals surface area contributed by atoms with Crippen molar-refractivity contribution < 1.29 is 26.9 Å². The predicted molar refractivity (Wildman–Crippen MR) is 97.7 cm³/mol. The molecule has 0 aliphatic carbocycles. The lowest BCUT2D eigenvalue weighted by Crippen LogP contribution is -2.37. The zero-order valence-corrected chi connectivity index (χ0v) is 16.5. The van der Waals surface area contributed by atoms with E-state index in [-0.39, 0.29) is 23.5 Å². The summed E-state index contributed by atoms with van der Waals surface area (Å²) in [6, 6.07) is 3.77. The minimum absolute atomic E-state index is 0.0129. The summed E-state index contributed by atoms with van der Waals surface area (Å²) in [7, 11) is -3.14. The molecule has 150 valence electrons. The van der Waals surface area contributed by atoms with Crippen molar-refractivity contribution in [3.8, 4) is 17.5 Å². The van der Waals surface area contributed by atoms with Crippen molar-refractivity contribution in [3.05, 3.63) is 29.6 Å². The third-order valence-corrected chi connectivity index (χ3v) is 4.44. The number of fused-ring (bicyclic) bond motifs is 1. The highest BCUT2D eigenvalue weighted by molar-refractivity contribution is 7.85. The number of nitrogens with one attached hydrogen (secondary N) is 2. The van der Waals surface area contributed by atoms with Crippen LogP contribution in [0.5, 0.6) is 17.5 Å². The number of ether oxygens (including phenoxy) is 2. The molecular formula is C16H19N5O6S. The molecule has 1 aliphatic rings. The van der Waals surface area contributed by atoms with Crippen LogP contribution in [-0.2, 0) is 16.7 Å². The molecule has 2 aromatic rings. The van der Waals surface area contributed by atoms with Crippen LogP contribution in [0.25, 0.3) is 0 Å². The second-order valence-electron chi connectivity index (χ2n) is 6.57. The van der Waals surface area contributed by atoms with Crippen molar-refractivity contribution in [1.29, 1.82) is 0 Å². The fourth-order valence-electron chi connectivity index (χ4n) is 2.64. The molecule has 0 spiro atoms. The molecule has 28 heavy (non-hydrogen) atoms. The van der Waals surface area contributed by atoms with Crippen molar-refractivity contribution in [2.45, 2.75) is 32.8 Å². The van der Waals surface area contributed by atoms with Crippen LogP contribution in [0.3, 0.4) is 0 Å². The van der Waals surface area contributed by atoms with Crippen LogP contribution in [0.4, 0.5) is 10.7 Å². The maximum Gasteiger partial charge on any atom is 0.411 e. The maximum absolute atomic E-state index is 12.2. The number of aryl methyl sites for hydroxylation is 1. The lowest BCUT2D eigenvalue weighted by atomic mass is 10.0. The molecule has 0 fully saturated rings. The van der Waals surface area contributed by atoms with Gasteiger partial charge in [0.25, 0.3) is 0 Å². The normalized spacial score (nSPS) is 14.6. The Morgan fingerprint density at radius 3 is 2.71 bits per heavy atom. The Morgan fingerprint density at radius 1 is 1.25 bits per heavy atom. The van der Waals surface area contributed by atoms with Gasteiger partial charge in [-0.05, 0) is 26.8 Å². The zero-order valence-electron chi connectivity index (χ0n) is 15.6. The molecule has 2 heterocycles. The highest BCUT2D eigenvalue weighted by Gasteiger charge is 2.33. The second-order valence-corrected chi connectivity index (χ2v) is 7.85. The SMILES string of the molecule is COc1nc(C)nc(NC(=O)NS(=O)(=O)Oc2cccc3c2OC(C)(C)C3)n1. The Kier molecular flexibility index (Phi) is 4.98. The van der Waals surface area contributed by atoms with Crippen LogP contribution in [0.15, 0.2) is 18.2 Å². The Hall–Kier alpha value is -3.15. The monoisotopic (exact) mass is 409 g/mol. The van der Waals surface area contributed by atoms with Gasteiger partial charge >= 0.3 is 22.3 Å². The Labute approximate surface area is 161 Å². The predicted octanol–water partition coefficient (Wildman–Crippen LogP) is 1.35. The van der Waals surface area contributed by atoms with Gasteiger partial charge in [-0.25, -0.2) is 9.52 Å². The average molecular weight is 409 g/mol. The van der Waals surface area contributed by atoms with E-state index < -0.39 is 21.9 Å². The molecule has 0 saturated heterocycles. The molecule has 11 nitrogen and oxygen atoms in total. The number of benzene rings is 1. The smallest absolute Gasteiger partial charge is 0.411 e. The van der Waals surface area contributed by atoms with E-state index in [1.165, 1.54) is 13.2 Å². The van der Waals surface area contributed by atoms with Gasteiger partial charge in [0.1, 0.15) is 11.4 Å². The first-order chi connectivity index (χ1) is 13.1. The number of hydrogen-bond donors (Lipinski definition) is 2. The van der Waals surface area contributed by atoms with Crippen LogP contribution >= 0.6 is 0 Å². The van der Waals surface area contributed by atoms with Gasteiger partial charge in [-0.1, -0.05) is 12.1 Å². The zero-order chi connectivity index (χ0) is 20.5. The van der Waals surface area contributed by atoms with Crippen molar-refractivity contribution in [2.24, 2.45) is 0 Å². The first kappa shape index (κ1) is 19.6. The Bertz CT molecular complexity index is 1020. The summed E-state index contributed by atoms with van der Waals surface area (Å²) in [4.78, 5) is 23.5. The number of hydrogen-bond acceptors (Lipinski definition) is 9. The van der Waals surface area contributed by atoms with Crippen LogP contribution in [0, 0.1) is 6.92 Å². The van der Waals surface area contributed by atoms with E-state index in [0.717, 1.165) is 5.56 Å². The van der Waals surface area contributed by atoms with E-state index >= 15 is 0 Å². The Morgan fingerprint density at radius 2 is 2.00 bits per heavy atom. The molecule has 0 radical (unpaired) electrons. The van der Waals surface area contributed by atoms with E-state index in [0.29, 0.717) is 12.2 Å². The third kappa shape index (κ3) is 4.57. The summed E-state index contributed by atoms with van der Waals surface area (Å²) in [6.07, 6.45) is 0.605. The number of aromatic nitrogens is 3. The van der Waals surface area contributed by atoms with Gasteiger partial charge in [-0.15, -0.1) is 0 Å². The molecule has 0 bridgehead atoms. The van der Waals surface area contributed by atoms with Gasteiger partial charge in [0.2, 0.25) is 5.95 Å². The fourth-order valence-corrected chi connectivity index (χ4v) is 3.32. The lowest BCUT2D eigenvalue weighted by Gasteiger charge is -2.18. The fraction of sp³-hybridized carbons (Fsp3) is 0.375.